The van der Waals surface area contributed by atoms with Gasteiger partial charge in [-0.25, -0.2) is 4.79 Å². The van der Waals surface area contributed by atoms with Gasteiger partial charge in [0.1, 0.15) is 6.61 Å². The fourth-order valence-corrected chi connectivity index (χ4v) is 3.10. The molecule has 0 saturated heterocycles. The second-order valence-corrected chi connectivity index (χ2v) is 6.88. The van der Waals surface area contributed by atoms with E-state index in [2.05, 4.69) is 10.6 Å². The van der Waals surface area contributed by atoms with E-state index in [1.165, 1.54) is 5.49 Å². The van der Waals surface area contributed by atoms with Gasteiger partial charge in [-0.05, 0) is 30.7 Å². The number of thiocarbonyl (C=S) groups is 1. The van der Waals surface area contributed by atoms with E-state index < -0.39 is 18.0 Å². The fourth-order valence-electron chi connectivity index (χ4n) is 2.44. The number of hydrogen-bond donors (Lipinski definition) is 2. The first-order chi connectivity index (χ1) is 14.0. The SMILES string of the molecule is CCOC(=O)C(COC(=O)Cc1ccccc1Nc1c(Cl)cccc1Cl)NC=S. The van der Waals surface area contributed by atoms with E-state index >= 15 is 0 Å². The second-order valence-electron chi connectivity index (χ2n) is 5.83. The number of benzene rings is 2. The first-order valence-electron chi connectivity index (χ1n) is 8.77. The predicted molar refractivity (Wildman–Crippen MR) is 118 cm³/mol. The molecule has 0 aliphatic rings. The van der Waals surface area contributed by atoms with E-state index in [1.807, 2.05) is 6.07 Å². The number of para-hydroxylation sites is 2. The van der Waals surface area contributed by atoms with Crippen LogP contribution >= 0.6 is 35.4 Å². The third kappa shape index (κ3) is 6.88. The highest BCUT2D eigenvalue weighted by Gasteiger charge is 2.21. The summed E-state index contributed by atoms with van der Waals surface area (Å²) in [5.74, 6) is -1.05. The summed E-state index contributed by atoms with van der Waals surface area (Å²) in [7, 11) is 0. The molecule has 0 aliphatic heterocycles. The molecule has 154 valence electrons. The molecule has 0 aliphatic carbocycles. The van der Waals surface area contributed by atoms with Gasteiger partial charge in [-0.3, -0.25) is 4.79 Å². The third-order valence-corrected chi connectivity index (χ3v) is 4.59. The lowest BCUT2D eigenvalue weighted by Crippen LogP contribution is -2.41. The van der Waals surface area contributed by atoms with Crippen LogP contribution in [0.25, 0.3) is 0 Å². The van der Waals surface area contributed by atoms with Crippen molar-refractivity contribution in [3.63, 3.8) is 0 Å². The maximum Gasteiger partial charge on any atom is 0.332 e. The maximum atomic E-state index is 12.3. The Balaban J connectivity index is 2.05. The van der Waals surface area contributed by atoms with E-state index in [4.69, 9.17) is 44.9 Å². The summed E-state index contributed by atoms with van der Waals surface area (Å²) in [6, 6.07) is 11.5. The number of esters is 2. The van der Waals surface area contributed by atoms with Crippen molar-refractivity contribution in [2.45, 2.75) is 19.4 Å². The predicted octanol–water partition coefficient (Wildman–Crippen LogP) is 4.30. The molecule has 0 fully saturated rings. The maximum absolute atomic E-state index is 12.3. The van der Waals surface area contributed by atoms with Crippen molar-refractivity contribution in [3.8, 4) is 0 Å². The molecule has 29 heavy (non-hydrogen) atoms. The van der Waals surface area contributed by atoms with Crippen LogP contribution in [0.2, 0.25) is 10.0 Å². The van der Waals surface area contributed by atoms with Gasteiger partial charge < -0.3 is 20.1 Å². The lowest BCUT2D eigenvalue weighted by molar-refractivity contribution is -0.151. The van der Waals surface area contributed by atoms with Crippen molar-refractivity contribution in [2.24, 2.45) is 0 Å². The van der Waals surface area contributed by atoms with E-state index in [0.717, 1.165) is 0 Å². The summed E-state index contributed by atoms with van der Waals surface area (Å²) >= 11 is 17.1. The van der Waals surface area contributed by atoms with Gasteiger partial charge in [-0.2, -0.15) is 0 Å². The van der Waals surface area contributed by atoms with E-state index in [-0.39, 0.29) is 19.6 Å². The summed E-state index contributed by atoms with van der Waals surface area (Å²) in [5.41, 5.74) is 3.08. The molecule has 0 aromatic heterocycles. The minimum atomic E-state index is -0.855. The lowest BCUT2D eigenvalue weighted by atomic mass is 10.1. The Morgan fingerprint density at radius 1 is 1.10 bits per heavy atom. The molecule has 0 amide bonds. The van der Waals surface area contributed by atoms with Crippen LogP contribution in [0.5, 0.6) is 0 Å². The molecule has 9 heteroatoms. The molecular formula is C20H20Cl2N2O4S. The molecule has 2 rings (SSSR count). The first kappa shape index (κ1) is 22.9. The van der Waals surface area contributed by atoms with Gasteiger partial charge in [0, 0.05) is 5.69 Å². The van der Waals surface area contributed by atoms with Crippen molar-refractivity contribution >= 4 is 64.2 Å². The molecule has 2 N–H and O–H groups in total. The molecule has 0 saturated carbocycles. The van der Waals surface area contributed by atoms with Gasteiger partial charge in [0.05, 0.1) is 34.3 Å². The highest BCUT2D eigenvalue weighted by molar-refractivity contribution is 7.78. The zero-order valence-corrected chi connectivity index (χ0v) is 17.9. The molecular weight excluding hydrogens is 435 g/mol. The fraction of sp³-hybridized carbons (Fsp3) is 0.250. The Morgan fingerprint density at radius 3 is 2.45 bits per heavy atom. The van der Waals surface area contributed by atoms with Gasteiger partial charge in [-0.15, -0.1) is 0 Å². The van der Waals surface area contributed by atoms with E-state index in [1.54, 1.807) is 43.3 Å². The third-order valence-electron chi connectivity index (χ3n) is 3.83. The van der Waals surface area contributed by atoms with Gasteiger partial charge in [-0.1, -0.05) is 59.7 Å². The quantitative estimate of drug-likeness (QED) is 0.409. The van der Waals surface area contributed by atoms with Gasteiger partial charge in [0.25, 0.3) is 0 Å². The van der Waals surface area contributed by atoms with Crippen LogP contribution in [-0.2, 0) is 25.5 Å². The standard InChI is InChI=1S/C20H20Cl2N2O4S/c1-2-27-20(26)17(23-12-29)11-28-18(25)10-13-6-3-4-9-16(13)24-19-14(21)7-5-8-15(19)22/h3-9,12,17,24H,2,10-11H2,1H3,(H,23,29). The normalized spacial score (nSPS) is 11.3. The molecule has 6 nitrogen and oxygen atoms in total. The summed E-state index contributed by atoms with van der Waals surface area (Å²) in [6.45, 7) is 1.70. The number of nitrogens with one attached hydrogen (secondary N) is 2. The van der Waals surface area contributed by atoms with Crippen molar-refractivity contribution in [3.05, 3.63) is 58.1 Å². The summed E-state index contributed by atoms with van der Waals surface area (Å²) in [5, 5.41) is 6.71. The van der Waals surface area contributed by atoms with Crippen molar-refractivity contribution in [2.75, 3.05) is 18.5 Å². The first-order valence-corrected chi connectivity index (χ1v) is 9.99. The summed E-state index contributed by atoms with van der Waals surface area (Å²) in [6.07, 6.45) is -0.0155. The van der Waals surface area contributed by atoms with Crippen LogP contribution in [0, 0.1) is 0 Å². The van der Waals surface area contributed by atoms with Gasteiger partial charge >= 0.3 is 11.9 Å². The summed E-state index contributed by atoms with van der Waals surface area (Å²) < 4.78 is 10.2. The smallest absolute Gasteiger partial charge is 0.332 e. The van der Waals surface area contributed by atoms with Gasteiger partial charge in [0.2, 0.25) is 0 Å². The summed E-state index contributed by atoms with van der Waals surface area (Å²) in [4.78, 5) is 24.2. The minimum Gasteiger partial charge on any atom is -0.464 e. The Labute approximate surface area is 184 Å². The van der Waals surface area contributed by atoms with Crippen molar-refractivity contribution in [1.29, 1.82) is 0 Å². The Morgan fingerprint density at radius 2 is 1.79 bits per heavy atom. The largest absolute Gasteiger partial charge is 0.464 e. The molecule has 0 heterocycles. The van der Waals surface area contributed by atoms with Crippen LogP contribution in [0.4, 0.5) is 11.4 Å². The molecule has 1 unspecified atom stereocenters. The average molecular weight is 455 g/mol. The Bertz CT molecular complexity index is 859. The molecule has 0 bridgehead atoms. The molecule has 2 aromatic carbocycles. The van der Waals surface area contributed by atoms with Crippen LogP contribution in [0.1, 0.15) is 12.5 Å². The van der Waals surface area contributed by atoms with E-state index in [9.17, 15) is 9.59 Å². The van der Waals surface area contributed by atoms with E-state index in [0.29, 0.717) is 27.0 Å². The van der Waals surface area contributed by atoms with Crippen molar-refractivity contribution in [1.82, 2.24) is 5.32 Å². The minimum absolute atomic E-state index is 0.0155. The number of hydrogen-bond acceptors (Lipinski definition) is 6. The Hall–Kier alpha value is -2.35. The van der Waals surface area contributed by atoms with Crippen LogP contribution in [-0.4, -0.2) is 36.7 Å². The number of carbonyl (C=O) groups is 2. The van der Waals surface area contributed by atoms with Crippen LogP contribution in [0.15, 0.2) is 42.5 Å². The lowest BCUT2D eigenvalue weighted by Gasteiger charge is -2.16. The average Bonchev–Trinajstić information content (AvgIpc) is 2.69. The number of halogens is 2. The Kier molecular flexibility index (Phi) is 9.18. The molecule has 1 atom stereocenters. The molecule has 2 aromatic rings. The monoisotopic (exact) mass is 454 g/mol. The zero-order chi connectivity index (χ0) is 21.2. The highest BCUT2D eigenvalue weighted by atomic mass is 35.5. The van der Waals surface area contributed by atoms with Gasteiger partial charge in [0.15, 0.2) is 6.04 Å². The second kappa shape index (κ2) is 11.6. The number of anilines is 2. The van der Waals surface area contributed by atoms with Crippen molar-refractivity contribution < 1.29 is 19.1 Å². The zero-order valence-electron chi connectivity index (χ0n) is 15.6. The number of carbonyl (C=O) groups excluding carboxylic acids is 2. The topological polar surface area (TPSA) is 76.7 Å². The molecule has 0 radical (unpaired) electrons. The number of rotatable bonds is 10. The molecule has 0 spiro atoms. The van der Waals surface area contributed by atoms with Crippen LogP contribution in [0.3, 0.4) is 0 Å². The highest BCUT2D eigenvalue weighted by Crippen LogP contribution is 2.33. The van der Waals surface area contributed by atoms with Crippen LogP contribution < -0.4 is 10.6 Å². The number of ether oxygens (including phenoxy) is 2.